The van der Waals surface area contributed by atoms with Crippen LogP contribution in [0, 0.1) is 0 Å². The van der Waals surface area contributed by atoms with Crippen LogP contribution >= 0.6 is 54.5 Å². The van der Waals surface area contributed by atoms with E-state index in [1.165, 1.54) is 11.3 Å². The second kappa shape index (κ2) is 5.47. The molecule has 4 nitrogen and oxygen atoms in total. The molecule has 0 aliphatic heterocycles. The molecule has 0 atom stereocenters. The second-order valence-corrected chi connectivity index (χ2v) is 7.69. The molecule has 0 aliphatic rings. The summed E-state index contributed by atoms with van der Waals surface area (Å²) >= 11 is 9.16. The summed E-state index contributed by atoms with van der Waals surface area (Å²) in [4.78, 5) is 25.2. The van der Waals surface area contributed by atoms with Crippen molar-refractivity contribution in [1.82, 2.24) is 10.3 Å². The number of thiazole rings is 1. The third kappa shape index (κ3) is 3.27. The first-order chi connectivity index (χ1) is 8.06. The molecular formula is C9H6Br2N2O2S2. The molecule has 2 N–H and O–H groups in total. The number of amides is 1. The third-order valence-electron chi connectivity index (χ3n) is 1.91. The van der Waals surface area contributed by atoms with Gasteiger partial charge >= 0.3 is 4.87 Å². The van der Waals surface area contributed by atoms with E-state index in [2.05, 4.69) is 42.2 Å². The summed E-state index contributed by atoms with van der Waals surface area (Å²) in [5, 5.41) is 4.43. The molecule has 0 aliphatic carbocycles. The topological polar surface area (TPSA) is 62.0 Å². The SMILES string of the molecule is O=C(NCc1csc(=O)[nH]1)c1cc(Br)sc1Br. The minimum absolute atomic E-state index is 0.117. The molecule has 0 aromatic carbocycles. The number of rotatable bonds is 3. The number of H-pyrrole nitrogens is 1. The molecule has 2 rings (SSSR count). The van der Waals surface area contributed by atoms with Gasteiger partial charge in [0.05, 0.1) is 19.7 Å². The van der Waals surface area contributed by atoms with Crippen molar-refractivity contribution in [3.8, 4) is 0 Å². The maximum absolute atomic E-state index is 11.8. The van der Waals surface area contributed by atoms with Crippen molar-refractivity contribution >= 4 is 60.4 Å². The molecule has 2 heterocycles. The summed E-state index contributed by atoms with van der Waals surface area (Å²) in [6, 6.07) is 1.75. The van der Waals surface area contributed by atoms with Crippen molar-refractivity contribution in [2.75, 3.05) is 0 Å². The fraction of sp³-hybridized carbons (Fsp3) is 0.111. The molecule has 0 fully saturated rings. The molecule has 0 bridgehead atoms. The maximum atomic E-state index is 11.8. The summed E-state index contributed by atoms with van der Waals surface area (Å²) < 4.78 is 1.67. The molecule has 2 aromatic rings. The van der Waals surface area contributed by atoms with Crippen LogP contribution in [-0.2, 0) is 6.54 Å². The van der Waals surface area contributed by atoms with Crippen LogP contribution in [0.25, 0.3) is 0 Å². The number of carbonyl (C=O) groups is 1. The number of hydrogen-bond donors (Lipinski definition) is 2. The van der Waals surface area contributed by atoms with Gasteiger partial charge in [0.25, 0.3) is 5.91 Å². The van der Waals surface area contributed by atoms with Crippen LogP contribution in [0.4, 0.5) is 0 Å². The van der Waals surface area contributed by atoms with Gasteiger partial charge in [-0.1, -0.05) is 11.3 Å². The van der Waals surface area contributed by atoms with Crippen molar-refractivity contribution < 1.29 is 4.79 Å². The summed E-state index contributed by atoms with van der Waals surface area (Å²) in [7, 11) is 0. The lowest BCUT2D eigenvalue weighted by atomic mass is 10.3. The van der Waals surface area contributed by atoms with E-state index in [0.717, 1.165) is 18.9 Å². The van der Waals surface area contributed by atoms with Crippen molar-refractivity contribution in [1.29, 1.82) is 0 Å². The van der Waals surface area contributed by atoms with Gasteiger partial charge in [0, 0.05) is 11.1 Å². The van der Waals surface area contributed by atoms with Crippen LogP contribution in [0.1, 0.15) is 16.1 Å². The first-order valence-corrected chi connectivity index (χ1v) is 7.74. The average molecular weight is 398 g/mol. The molecule has 1 amide bonds. The number of halogens is 2. The zero-order valence-electron chi connectivity index (χ0n) is 8.25. The molecule has 2 aromatic heterocycles. The molecule has 0 unspecified atom stereocenters. The summed E-state index contributed by atoms with van der Waals surface area (Å²) in [5.74, 6) is -0.175. The Hall–Kier alpha value is -0.440. The van der Waals surface area contributed by atoms with Crippen molar-refractivity contribution in [2.24, 2.45) is 0 Å². The van der Waals surface area contributed by atoms with Gasteiger partial charge in [-0.05, 0) is 37.9 Å². The number of aromatic amines is 1. The van der Waals surface area contributed by atoms with Crippen LogP contribution in [0.15, 0.2) is 23.8 Å². The summed E-state index contributed by atoms with van der Waals surface area (Å²) in [5.41, 5.74) is 1.29. The molecule has 17 heavy (non-hydrogen) atoms. The van der Waals surface area contributed by atoms with Crippen LogP contribution in [-0.4, -0.2) is 10.9 Å². The predicted octanol–water partition coefficient (Wildman–Crippen LogP) is 2.95. The Kier molecular flexibility index (Phi) is 4.18. The highest BCUT2D eigenvalue weighted by Crippen LogP contribution is 2.31. The van der Waals surface area contributed by atoms with Crippen molar-refractivity contribution in [3.05, 3.63) is 39.9 Å². The van der Waals surface area contributed by atoms with E-state index in [9.17, 15) is 9.59 Å². The highest BCUT2D eigenvalue weighted by atomic mass is 79.9. The number of aromatic nitrogens is 1. The number of nitrogens with one attached hydrogen (secondary N) is 2. The van der Waals surface area contributed by atoms with Gasteiger partial charge in [0.2, 0.25) is 0 Å². The lowest BCUT2D eigenvalue weighted by molar-refractivity contribution is 0.0950. The fourth-order valence-electron chi connectivity index (χ4n) is 1.17. The minimum Gasteiger partial charge on any atom is -0.346 e. The van der Waals surface area contributed by atoms with Crippen molar-refractivity contribution in [2.45, 2.75) is 6.54 Å². The Labute approximate surface area is 121 Å². The van der Waals surface area contributed by atoms with Gasteiger partial charge in [0.1, 0.15) is 0 Å². The van der Waals surface area contributed by atoms with Gasteiger partial charge in [0.15, 0.2) is 0 Å². The Bertz CT molecular complexity index is 602. The Morgan fingerprint density at radius 1 is 1.47 bits per heavy atom. The Morgan fingerprint density at radius 3 is 2.76 bits per heavy atom. The zero-order valence-corrected chi connectivity index (χ0v) is 13.1. The van der Waals surface area contributed by atoms with Gasteiger partial charge in [-0.25, -0.2) is 0 Å². The van der Waals surface area contributed by atoms with E-state index in [1.54, 1.807) is 11.4 Å². The minimum atomic E-state index is -0.175. The molecule has 0 saturated heterocycles. The fourth-order valence-corrected chi connectivity index (χ4v) is 4.54. The van der Waals surface area contributed by atoms with E-state index < -0.39 is 0 Å². The number of carbonyl (C=O) groups excluding carboxylic acids is 1. The van der Waals surface area contributed by atoms with Crippen LogP contribution < -0.4 is 10.2 Å². The quantitative estimate of drug-likeness (QED) is 0.836. The third-order valence-corrected chi connectivity index (χ3v) is 4.97. The maximum Gasteiger partial charge on any atom is 0.304 e. The van der Waals surface area contributed by atoms with E-state index in [-0.39, 0.29) is 10.8 Å². The molecule has 0 saturated carbocycles. The predicted molar refractivity (Wildman–Crippen MR) is 75.8 cm³/mol. The van der Waals surface area contributed by atoms with Crippen LogP contribution in [0.3, 0.4) is 0 Å². The van der Waals surface area contributed by atoms with Crippen LogP contribution in [0.2, 0.25) is 0 Å². The summed E-state index contributed by atoms with van der Waals surface area (Å²) in [6.45, 7) is 0.317. The zero-order chi connectivity index (χ0) is 12.4. The first-order valence-electron chi connectivity index (χ1n) is 4.46. The van der Waals surface area contributed by atoms with E-state index in [0.29, 0.717) is 17.8 Å². The lowest BCUT2D eigenvalue weighted by Crippen LogP contribution is -2.23. The van der Waals surface area contributed by atoms with Crippen molar-refractivity contribution in [3.63, 3.8) is 0 Å². The molecule has 0 spiro atoms. The van der Waals surface area contributed by atoms with E-state index in [4.69, 9.17) is 0 Å². The summed E-state index contributed by atoms with van der Waals surface area (Å²) in [6.07, 6.45) is 0. The second-order valence-electron chi connectivity index (χ2n) is 3.09. The Balaban J connectivity index is 2.02. The molecule has 8 heteroatoms. The Morgan fingerprint density at radius 2 is 2.24 bits per heavy atom. The number of hydrogen-bond acceptors (Lipinski definition) is 4. The lowest BCUT2D eigenvalue weighted by Gasteiger charge is -2.01. The molecule has 0 radical (unpaired) electrons. The molecule has 90 valence electrons. The van der Waals surface area contributed by atoms with E-state index in [1.807, 2.05) is 0 Å². The standard InChI is InChI=1S/C9H6Br2N2O2S2/c10-6-1-5(7(11)17-6)8(14)12-2-4-3-16-9(15)13-4/h1,3H,2H2,(H,12,14)(H,13,15). The average Bonchev–Trinajstić information content (AvgIpc) is 2.81. The van der Waals surface area contributed by atoms with Gasteiger partial charge < -0.3 is 10.3 Å². The normalized spacial score (nSPS) is 10.5. The smallest absolute Gasteiger partial charge is 0.304 e. The monoisotopic (exact) mass is 396 g/mol. The highest BCUT2D eigenvalue weighted by Gasteiger charge is 2.13. The molecular weight excluding hydrogens is 392 g/mol. The van der Waals surface area contributed by atoms with Crippen LogP contribution in [0.5, 0.6) is 0 Å². The largest absolute Gasteiger partial charge is 0.346 e. The first kappa shape index (κ1) is 13.0. The van der Waals surface area contributed by atoms with Gasteiger partial charge in [-0.3, -0.25) is 9.59 Å². The number of thiophene rings is 1. The van der Waals surface area contributed by atoms with Gasteiger partial charge in [-0.2, -0.15) is 0 Å². The highest BCUT2D eigenvalue weighted by molar-refractivity contribution is 9.12. The van der Waals surface area contributed by atoms with E-state index >= 15 is 0 Å². The van der Waals surface area contributed by atoms with Gasteiger partial charge in [-0.15, -0.1) is 11.3 Å².